The summed E-state index contributed by atoms with van der Waals surface area (Å²) in [6.07, 6.45) is 1.39. The summed E-state index contributed by atoms with van der Waals surface area (Å²) in [4.78, 5) is 8.26. The van der Waals surface area contributed by atoms with Gasteiger partial charge < -0.3 is 0 Å². The third-order valence-electron chi connectivity index (χ3n) is 0.384. The standard InChI is InChI=1S/C3H3NO2/c1-3-2-4-6-5-3/h2H,1H2. The Morgan fingerprint density at radius 3 is 2.83 bits per heavy atom. The molecule has 32 valence electrons. The highest BCUT2D eigenvalue weighted by atomic mass is 17.3. The summed E-state index contributed by atoms with van der Waals surface area (Å²) in [5.41, 5.74) is 0. The number of oxime groups is 1. The van der Waals surface area contributed by atoms with Crippen molar-refractivity contribution in [2.75, 3.05) is 0 Å². The van der Waals surface area contributed by atoms with Gasteiger partial charge in [-0.25, -0.2) is 0 Å². The fraction of sp³-hybridized carbons (Fsp3) is 0. The molecule has 1 rings (SSSR count). The smallest absolute Gasteiger partial charge is 0.195 e. The number of allylic oxidation sites excluding steroid dienone is 1. The Balaban J connectivity index is 2.59. The summed E-state index contributed by atoms with van der Waals surface area (Å²) >= 11 is 0. The van der Waals surface area contributed by atoms with Crippen LogP contribution in [0.5, 0.6) is 0 Å². The molecule has 0 spiro atoms. The van der Waals surface area contributed by atoms with E-state index in [0.29, 0.717) is 5.76 Å². The molecule has 0 fully saturated rings. The summed E-state index contributed by atoms with van der Waals surface area (Å²) in [6.45, 7) is 3.36. The van der Waals surface area contributed by atoms with Crippen molar-refractivity contribution in [1.82, 2.24) is 0 Å². The molecule has 1 heterocycles. The van der Waals surface area contributed by atoms with E-state index in [2.05, 4.69) is 21.6 Å². The highest BCUT2D eigenvalue weighted by Gasteiger charge is 1.95. The molecule has 0 aromatic carbocycles. The third-order valence-corrected chi connectivity index (χ3v) is 0.384. The van der Waals surface area contributed by atoms with E-state index in [4.69, 9.17) is 0 Å². The average Bonchev–Trinajstić information content (AvgIpc) is 1.86. The van der Waals surface area contributed by atoms with Crippen molar-refractivity contribution in [2.45, 2.75) is 0 Å². The quantitative estimate of drug-likeness (QED) is 0.400. The fourth-order valence-electron chi connectivity index (χ4n) is 0.171. The van der Waals surface area contributed by atoms with Gasteiger partial charge in [0, 0.05) is 0 Å². The first-order chi connectivity index (χ1) is 2.89. The summed E-state index contributed by atoms with van der Waals surface area (Å²) in [5, 5.41) is 3.22. The van der Waals surface area contributed by atoms with Crippen LogP contribution in [0.25, 0.3) is 0 Å². The highest BCUT2D eigenvalue weighted by molar-refractivity contribution is 5.74. The number of hydrogen-bond donors (Lipinski definition) is 0. The van der Waals surface area contributed by atoms with Gasteiger partial charge in [0.1, 0.15) is 6.21 Å². The van der Waals surface area contributed by atoms with Crippen LogP contribution in [0.15, 0.2) is 17.5 Å². The second-order valence-electron chi connectivity index (χ2n) is 0.859. The summed E-state index contributed by atoms with van der Waals surface area (Å²) in [7, 11) is 0. The van der Waals surface area contributed by atoms with Crippen molar-refractivity contribution >= 4 is 6.21 Å². The van der Waals surface area contributed by atoms with Gasteiger partial charge in [0.05, 0.1) is 0 Å². The third kappa shape index (κ3) is 0.337. The Bertz CT molecular complexity index is 97.0. The lowest BCUT2D eigenvalue weighted by Gasteiger charge is -1.81. The van der Waals surface area contributed by atoms with Gasteiger partial charge in [-0.2, -0.15) is 4.99 Å². The Morgan fingerprint density at radius 2 is 2.67 bits per heavy atom. The largest absolute Gasteiger partial charge is 0.266 e. The minimum atomic E-state index is 0.440. The minimum Gasteiger partial charge on any atom is -0.266 e. The molecule has 0 atom stereocenters. The summed E-state index contributed by atoms with van der Waals surface area (Å²) < 4.78 is 0. The second-order valence-corrected chi connectivity index (χ2v) is 0.859. The van der Waals surface area contributed by atoms with Crippen LogP contribution in [0.4, 0.5) is 0 Å². The zero-order valence-electron chi connectivity index (χ0n) is 3.05. The number of nitrogens with zero attached hydrogens (tertiary/aromatic N) is 1. The Kier molecular flexibility index (Phi) is 0.538. The van der Waals surface area contributed by atoms with E-state index < -0.39 is 0 Å². The lowest BCUT2D eigenvalue weighted by atomic mass is 10.6. The van der Waals surface area contributed by atoms with Gasteiger partial charge in [-0.3, -0.25) is 4.89 Å². The van der Waals surface area contributed by atoms with Crippen LogP contribution < -0.4 is 0 Å². The van der Waals surface area contributed by atoms with E-state index in [-0.39, 0.29) is 0 Å². The van der Waals surface area contributed by atoms with Gasteiger partial charge >= 0.3 is 0 Å². The van der Waals surface area contributed by atoms with Crippen LogP contribution in [0, 0.1) is 0 Å². The summed E-state index contributed by atoms with van der Waals surface area (Å²) in [6, 6.07) is 0. The predicted molar refractivity (Wildman–Crippen MR) is 19.8 cm³/mol. The highest BCUT2D eigenvalue weighted by Crippen LogP contribution is 1.97. The molecule has 1 aliphatic rings. The Morgan fingerprint density at radius 1 is 1.83 bits per heavy atom. The van der Waals surface area contributed by atoms with Crippen LogP contribution in [-0.2, 0) is 9.88 Å². The zero-order chi connectivity index (χ0) is 4.41. The van der Waals surface area contributed by atoms with Crippen molar-refractivity contribution in [3.8, 4) is 0 Å². The molecular weight excluding hydrogens is 82.0 g/mol. The van der Waals surface area contributed by atoms with Crippen molar-refractivity contribution < 1.29 is 9.88 Å². The molecule has 0 aliphatic carbocycles. The van der Waals surface area contributed by atoms with E-state index in [9.17, 15) is 0 Å². The summed E-state index contributed by atoms with van der Waals surface area (Å²) in [5.74, 6) is 0.440. The van der Waals surface area contributed by atoms with Crippen molar-refractivity contribution in [1.29, 1.82) is 0 Å². The zero-order valence-corrected chi connectivity index (χ0v) is 3.05. The first kappa shape index (κ1) is 3.21. The van der Waals surface area contributed by atoms with Crippen LogP contribution in [0.2, 0.25) is 0 Å². The molecule has 3 nitrogen and oxygen atoms in total. The predicted octanol–water partition coefficient (Wildman–Crippen LogP) is 0.448. The normalized spacial score (nSPS) is 17.0. The van der Waals surface area contributed by atoms with Gasteiger partial charge in [0.25, 0.3) is 0 Å². The van der Waals surface area contributed by atoms with Crippen LogP contribution in [0.3, 0.4) is 0 Å². The minimum absolute atomic E-state index is 0.440. The van der Waals surface area contributed by atoms with Crippen molar-refractivity contribution in [2.24, 2.45) is 5.16 Å². The average molecular weight is 85.1 g/mol. The maximum atomic E-state index is 4.24. The van der Waals surface area contributed by atoms with Crippen LogP contribution >= 0.6 is 0 Å². The first-order valence-electron chi connectivity index (χ1n) is 1.45. The van der Waals surface area contributed by atoms with E-state index in [0.717, 1.165) is 0 Å². The molecule has 3 heteroatoms. The topological polar surface area (TPSA) is 30.8 Å². The molecule has 1 aliphatic heterocycles. The molecule has 0 bridgehead atoms. The molecule has 0 saturated heterocycles. The lowest BCUT2D eigenvalue weighted by Crippen LogP contribution is -1.74. The second kappa shape index (κ2) is 1.01. The number of rotatable bonds is 0. The Hall–Kier alpha value is -0.990. The molecule has 0 unspecified atom stereocenters. The van der Waals surface area contributed by atoms with E-state index in [1.165, 1.54) is 6.21 Å². The first-order valence-corrected chi connectivity index (χ1v) is 1.45. The molecule has 0 saturated carbocycles. The molecular formula is C3H3NO2. The fourth-order valence-corrected chi connectivity index (χ4v) is 0.171. The van der Waals surface area contributed by atoms with E-state index >= 15 is 0 Å². The SMILES string of the molecule is C=C1C=NOO1. The lowest BCUT2D eigenvalue weighted by molar-refractivity contribution is -0.241. The van der Waals surface area contributed by atoms with Gasteiger partial charge in [0.15, 0.2) is 5.76 Å². The van der Waals surface area contributed by atoms with Crippen molar-refractivity contribution in [3.63, 3.8) is 0 Å². The maximum absolute atomic E-state index is 4.24. The van der Waals surface area contributed by atoms with Crippen molar-refractivity contribution in [3.05, 3.63) is 12.3 Å². The monoisotopic (exact) mass is 85.0 g/mol. The van der Waals surface area contributed by atoms with Crippen LogP contribution in [0.1, 0.15) is 0 Å². The van der Waals surface area contributed by atoms with Gasteiger partial charge in [-0.05, 0) is 11.7 Å². The molecule has 0 aromatic heterocycles. The maximum Gasteiger partial charge on any atom is 0.195 e. The van der Waals surface area contributed by atoms with E-state index in [1.54, 1.807) is 0 Å². The van der Waals surface area contributed by atoms with E-state index in [1.807, 2.05) is 0 Å². The van der Waals surface area contributed by atoms with Gasteiger partial charge in [-0.1, -0.05) is 0 Å². The molecule has 0 N–H and O–H groups in total. The van der Waals surface area contributed by atoms with Gasteiger partial charge in [0.2, 0.25) is 0 Å². The van der Waals surface area contributed by atoms with Gasteiger partial charge in [-0.15, -0.1) is 0 Å². The molecule has 6 heavy (non-hydrogen) atoms. The van der Waals surface area contributed by atoms with Crippen LogP contribution in [-0.4, -0.2) is 6.21 Å². The molecule has 0 radical (unpaired) electrons. The Labute approximate surface area is 34.8 Å². The number of hydrogen-bond acceptors (Lipinski definition) is 3. The molecule has 0 amide bonds. The molecule has 0 aromatic rings.